The molecule has 0 aromatic heterocycles. The Hall–Kier alpha value is -1.43. The van der Waals surface area contributed by atoms with E-state index in [9.17, 15) is 9.18 Å². The summed E-state index contributed by atoms with van der Waals surface area (Å²) in [4.78, 5) is 18.9. The first-order valence-corrected chi connectivity index (χ1v) is 16.2. The summed E-state index contributed by atoms with van der Waals surface area (Å²) in [5, 5.41) is 12.1. The maximum absolute atomic E-state index is 14.3. The smallest absolute Gasteiger partial charge is 0.228 e. The highest BCUT2D eigenvalue weighted by atomic mass is 19.1. The zero-order valence-corrected chi connectivity index (χ0v) is 26.7. The molecule has 41 heavy (non-hydrogen) atoms. The number of carbonyl (C=O) groups is 1. The van der Waals surface area contributed by atoms with Gasteiger partial charge in [0.05, 0.1) is 30.2 Å². The number of rotatable bonds is 19. The van der Waals surface area contributed by atoms with E-state index in [1.165, 1.54) is 0 Å². The van der Waals surface area contributed by atoms with E-state index in [-0.39, 0.29) is 30.6 Å². The zero-order chi connectivity index (χ0) is 30.4. The van der Waals surface area contributed by atoms with E-state index in [1.54, 1.807) is 0 Å². The summed E-state index contributed by atoms with van der Waals surface area (Å²) in [7, 11) is 1.99. The Morgan fingerprint density at radius 1 is 1.22 bits per heavy atom. The van der Waals surface area contributed by atoms with E-state index in [2.05, 4.69) is 47.2 Å². The molecule has 1 amide bonds. The largest absolute Gasteiger partial charge is 0.346 e. The van der Waals surface area contributed by atoms with Crippen LogP contribution in [0.2, 0.25) is 0 Å². The lowest BCUT2D eigenvalue weighted by molar-refractivity contribution is -0.127. The van der Waals surface area contributed by atoms with Gasteiger partial charge in [0.1, 0.15) is 6.17 Å². The Balaban J connectivity index is 2.31. The van der Waals surface area contributed by atoms with E-state index in [0.29, 0.717) is 18.3 Å². The van der Waals surface area contributed by atoms with Crippen LogP contribution in [0.4, 0.5) is 4.39 Å². The Labute approximate surface area is 249 Å². The summed E-state index contributed by atoms with van der Waals surface area (Å²) in [5.41, 5.74) is 17.3. The van der Waals surface area contributed by atoms with Crippen LogP contribution in [0.5, 0.6) is 0 Å². The molecule has 2 rings (SSSR count). The lowest BCUT2D eigenvalue weighted by atomic mass is 9.84. The molecule has 2 aliphatic heterocycles. The van der Waals surface area contributed by atoms with Gasteiger partial charge in [0, 0.05) is 31.9 Å². The van der Waals surface area contributed by atoms with Crippen molar-refractivity contribution in [2.24, 2.45) is 34.2 Å². The number of nitrogens with one attached hydrogen (secondary N) is 4. The third kappa shape index (κ3) is 11.3. The summed E-state index contributed by atoms with van der Waals surface area (Å²) < 4.78 is 14.3. The number of halogens is 1. The van der Waals surface area contributed by atoms with Gasteiger partial charge >= 0.3 is 0 Å². The molecule has 8 N–H and O–H groups in total. The first-order valence-electron chi connectivity index (χ1n) is 16.2. The van der Waals surface area contributed by atoms with Crippen LogP contribution in [-0.2, 0) is 4.79 Å². The lowest BCUT2D eigenvalue weighted by Crippen LogP contribution is -2.62. The molecule has 2 heterocycles. The number of carbonyl (C=O) groups excluding carboxylic acids is 1. The first kappa shape index (κ1) is 35.8. The number of hydrogen-bond donors (Lipinski definition) is 6. The van der Waals surface area contributed by atoms with Crippen LogP contribution in [0, 0.1) is 17.8 Å². The standard InChI is InChI=1S/C31H61FN8O/c1-7-11-21(5)15-26(36-18-24(32)10-4)29(30(33)34)31(41)39-27-19-37-25(23(9-3)12-8-2)16-28(27)40-20-22(17-38-40)13-14-35-6/h15,19,22-30,35-36,38H,7-14,16-18,20,33-34H2,1-6H3,(H,39,41)/b21-15-. The molecule has 9 nitrogen and oxygen atoms in total. The van der Waals surface area contributed by atoms with Crippen LogP contribution in [-0.4, -0.2) is 86.9 Å². The number of nitrogens with two attached hydrogens (primary N) is 2. The highest BCUT2D eigenvalue weighted by molar-refractivity contribution is 5.84. The highest BCUT2D eigenvalue weighted by Crippen LogP contribution is 2.29. The second kappa shape index (κ2) is 19.0. The monoisotopic (exact) mass is 580 g/mol. The SMILES string of the molecule is CCC/C(C)=C\C(NCC(F)CC)C(C(=O)NC1C=NC(C(CC)CCC)CC1N1CC(CCNC)CN1)C(N)N. The normalized spacial score (nSPS) is 26.7. The molecule has 0 aromatic rings. The number of alkyl halides is 1. The van der Waals surface area contributed by atoms with Crippen molar-refractivity contribution in [3.8, 4) is 0 Å². The summed E-state index contributed by atoms with van der Waals surface area (Å²) >= 11 is 0. The number of allylic oxidation sites excluding steroid dienone is 1. The maximum atomic E-state index is 14.3. The molecule has 0 aliphatic carbocycles. The van der Waals surface area contributed by atoms with Gasteiger partial charge in [-0.15, -0.1) is 0 Å². The van der Waals surface area contributed by atoms with Crippen LogP contribution < -0.4 is 32.8 Å². The number of amides is 1. The predicted molar refractivity (Wildman–Crippen MR) is 169 cm³/mol. The molecular weight excluding hydrogens is 519 g/mol. The second-order valence-electron chi connectivity index (χ2n) is 12.2. The predicted octanol–water partition coefficient (Wildman–Crippen LogP) is 2.87. The second-order valence-corrected chi connectivity index (χ2v) is 12.2. The third-order valence-corrected chi connectivity index (χ3v) is 8.84. The van der Waals surface area contributed by atoms with Gasteiger partial charge in [-0.05, 0) is 64.5 Å². The van der Waals surface area contributed by atoms with E-state index in [4.69, 9.17) is 16.5 Å². The molecule has 8 atom stereocenters. The van der Waals surface area contributed by atoms with Crippen molar-refractivity contribution >= 4 is 12.1 Å². The number of hydrazine groups is 1. The maximum Gasteiger partial charge on any atom is 0.228 e. The zero-order valence-electron chi connectivity index (χ0n) is 26.7. The summed E-state index contributed by atoms with van der Waals surface area (Å²) in [5.74, 6) is 0.0922. The van der Waals surface area contributed by atoms with Gasteiger partial charge in [-0.1, -0.05) is 58.6 Å². The van der Waals surface area contributed by atoms with E-state index < -0.39 is 24.3 Å². The Bertz CT molecular complexity index is 809. The van der Waals surface area contributed by atoms with Crippen LogP contribution in [0.1, 0.15) is 86.0 Å². The van der Waals surface area contributed by atoms with E-state index in [1.807, 2.05) is 33.2 Å². The topological polar surface area (TPSA) is 133 Å². The average molecular weight is 581 g/mol. The summed E-state index contributed by atoms with van der Waals surface area (Å²) in [6.07, 6.45) is 9.67. The molecule has 1 fully saturated rings. The molecule has 238 valence electrons. The molecule has 1 saturated heterocycles. The van der Waals surface area contributed by atoms with Gasteiger partial charge in [-0.2, -0.15) is 0 Å². The van der Waals surface area contributed by atoms with E-state index >= 15 is 0 Å². The number of hydrogen-bond acceptors (Lipinski definition) is 8. The van der Waals surface area contributed by atoms with Gasteiger partial charge in [-0.3, -0.25) is 15.2 Å². The molecule has 0 spiro atoms. The number of aliphatic imine (C=N–C) groups is 1. The minimum absolute atomic E-state index is 0.0701. The molecule has 0 saturated carbocycles. The highest BCUT2D eigenvalue weighted by Gasteiger charge is 2.40. The number of nitrogens with zero attached hydrogens (tertiary/aromatic N) is 2. The Morgan fingerprint density at radius 3 is 2.59 bits per heavy atom. The van der Waals surface area contributed by atoms with Crippen molar-refractivity contribution in [1.82, 2.24) is 26.4 Å². The van der Waals surface area contributed by atoms with Crippen molar-refractivity contribution < 1.29 is 9.18 Å². The van der Waals surface area contributed by atoms with Gasteiger partial charge in [0.15, 0.2) is 0 Å². The molecular formula is C31H61FN8O. The fraction of sp³-hybridized carbons (Fsp3) is 0.871. The van der Waals surface area contributed by atoms with Crippen molar-refractivity contribution in [1.29, 1.82) is 0 Å². The van der Waals surface area contributed by atoms with Crippen molar-refractivity contribution in [3.05, 3.63) is 11.6 Å². The molecule has 0 bridgehead atoms. The van der Waals surface area contributed by atoms with Crippen molar-refractivity contribution in [3.63, 3.8) is 0 Å². The fourth-order valence-electron chi connectivity index (χ4n) is 6.33. The Morgan fingerprint density at radius 2 is 1.98 bits per heavy atom. The molecule has 8 unspecified atom stereocenters. The minimum Gasteiger partial charge on any atom is -0.346 e. The van der Waals surface area contributed by atoms with Crippen LogP contribution in [0.25, 0.3) is 0 Å². The van der Waals surface area contributed by atoms with Crippen LogP contribution >= 0.6 is 0 Å². The van der Waals surface area contributed by atoms with Crippen molar-refractivity contribution in [2.45, 2.75) is 122 Å². The Kier molecular flexibility index (Phi) is 16.5. The van der Waals surface area contributed by atoms with E-state index in [0.717, 1.165) is 70.2 Å². The summed E-state index contributed by atoms with van der Waals surface area (Å²) in [6, 6.07) is -0.447. The summed E-state index contributed by atoms with van der Waals surface area (Å²) in [6.45, 7) is 13.4. The fourth-order valence-corrected chi connectivity index (χ4v) is 6.33. The first-order chi connectivity index (χ1) is 19.7. The van der Waals surface area contributed by atoms with Crippen molar-refractivity contribution in [2.75, 3.05) is 33.2 Å². The quantitative estimate of drug-likeness (QED) is 0.102. The van der Waals surface area contributed by atoms with Gasteiger partial charge < -0.3 is 27.4 Å². The lowest BCUT2D eigenvalue weighted by Gasteiger charge is -2.40. The molecule has 2 aliphatic rings. The molecule has 10 heteroatoms. The van der Waals surface area contributed by atoms with Crippen LogP contribution in [0.3, 0.4) is 0 Å². The van der Waals surface area contributed by atoms with Gasteiger partial charge in [0.25, 0.3) is 0 Å². The van der Waals surface area contributed by atoms with Gasteiger partial charge in [0.2, 0.25) is 5.91 Å². The molecule has 0 radical (unpaired) electrons. The minimum atomic E-state index is -1.01. The van der Waals surface area contributed by atoms with Gasteiger partial charge in [-0.25, -0.2) is 9.40 Å². The van der Waals surface area contributed by atoms with Crippen LogP contribution in [0.15, 0.2) is 16.6 Å². The third-order valence-electron chi connectivity index (χ3n) is 8.84. The average Bonchev–Trinajstić information content (AvgIpc) is 3.42. The molecule has 0 aromatic carbocycles.